The summed E-state index contributed by atoms with van der Waals surface area (Å²) in [5.41, 5.74) is 0. The molecule has 0 amide bonds. The minimum absolute atomic E-state index is 0.583. The van der Waals surface area contributed by atoms with Crippen molar-refractivity contribution in [2.75, 3.05) is 0 Å². The molecule has 0 N–H and O–H groups in total. The first-order valence-corrected chi connectivity index (χ1v) is 7.73. The summed E-state index contributed by atoms with van der Waals surface area (Å²) in [5, 5.41) is 0. The van der Waals surface area contributed by atoms with Crippen LogP contribution in [0.2, 0.25) is 0 Å². The van der Waals surface area contributed by atoms with Gasteiger partial charge < -0.3 is 0 Å². The first kappa shape index (κ1) is 13.2. The molecule has 0 saturated heterocycles. The maximum atomic E-state index is 3.79. The van der Waals surface area contributed by atoms with Crippen LogP contribution < -0.4 is 0 Å². The van der Waals surface area contributed by atoms with E-state index in [0.717, 1.165) is 0 Å². The van der Waals surface area contributed by atoms with Gasteiger partial charge in [0, 0.05) is 14.6 Å². The van der Waals surface area contributed by atoms with Gasteiger partial charge in [-0.05, 0) is 25.0 Å². The maximum Gasteiger partial charge on any atom is 0.0489 e. The first-order valence-electron chi connectivity index (χ1n) is 6.00. The predicted octanol–water partition coefficient (Wildman–Crippen LogP) is 5.72. The molecule has 1 aromatic heterocycles. The van der Waals surface area contributed by atoms with Crippen molar-refractivity contribution < 1.29 is 0 Å². The van der Waals surface area contributed by atoms with E-state index < -0.39 is 0 Å². The van der Waals surface area contributed by atoms with Gasteiger partial charge in [0.25, 0.3) is 0 Å². The van der Waals surface area contributed by atoms with Crippen LogP contribution in [-0.2, 0) is 6.42 Å². The topological polar surface area (TPSA) is 0 Å². The number of rotatable bonds is 7. The molecular weight excluding hydrogens is 268 g/mol. The highest BCUT2D eigenvalue weighted by Gasteiger charge is 2.09. The van der Waals surface area contributed by atoms with Gasteiger partial charge in [-0.2, -0.15) is 0 Å². The molecule has 0 saturated carbocycles. The summed E-state index contributed by atoms with van der Waals surface area (Å²) in [6, 6.07) is 4.54. The zero-order valence-electron chi connectivity index (χ0n) is 9.76. The lowest BCUT2D eigenvalue weighted by molar-refractivity contribution is 0.632. The van der Waals surface area contributed by atoms with Gasteiger partial charge in [-0.3, -0.25) is 0 Å². The molecule has 0 aliphatic heterocycles. The van der Waals surface area contributed by atoms with Crippen molar-refractivity contribution in [2.45, 2.75) is 57.2 Å². The molecule has 0 fully saturated rings. The van der Waals surface area contributed by atoms with E-state index in [2.05, 4.69) is 41.9 Å². The minimum Gasteiger partial charge on any atom is -0.144 e. The van der Waals surface area contributed by atoms with Gasteiger partial charge in [-0.15, -0.1) is 11.3 Å². The maximum absolute atomic E-state index is 3.79. The molecule has 1 unspecified atom stereocenters. The van der Waals surface area contributed by atoms with Gasteiger partial charge in [-0.25, -0.2) is 0 Å². The highest BCUT2D eigenvalue weighted by Crippen LogP contribution is 2.33. The molecule has 0 aliphatic rings. The van der Waals surface area contributed by atoms with E-state index in [-0.39, 0.29) is 0 Å². The van der Waals surface area contributed by atoms with Crippen molar-refractivity contribution in [3.63, 3.8) is 0 Å². The van der Waals surface area contributed by atoms with E-state index in [0.29, 0.717) is 4.83 Å². The second kappa shape index (κ2) is 7.45. The van der Waals surface area contributed by atoms with Crippen LogP contribution in [-0.4, -0.2) is 0 Å². The number of thiophene rings is 1. The lowest BCUT2D eigenvalue weighted by Gasteiger charge is -2.06. The molecular formula is C13H21BrS. The number of alkyl halides is 1. The van der Waals surface area contributed by atoms with Gasteiger partial charge >= 0.3 is 0 Å². The zero-order chi connectivity index (χ0) is 11.1. The Kier molecular flexibility index (Phi) is 6.58. The zero-order valence-corrected chi connectivity index (χ0v) is 12.2. The predicted molar refractivity (Wildman–Crippen MR) is 74.1 cm³/mol. The Morgan fingerprint density at radius 1 is 1.20 bits per heavy atom. The Bertz CT molecular complexity index is 267. The fourth-order valence-corrected chi connectivity index (χ4v) is 3.37. The number of hydrogen-bond acceptors (Lipinski definition) is 1. The Morgan fingerprint density at radius 3 is 2.60 bits per heavy atom. The van der Waals surface area contributed by atoms with Crippen LogP contribution in [0.15, 0.2) is 12.1 Å². The van der Waals surface area contributed by atoms with E-state index in [1.807, 2.05) is 11.3 Å². The third-order valence-corrected chi connectivity index (χ3v) is 5.25. The molecule has 0 nitrogen and oxygen atoms in total. The summed E-state index contributed by atoms with van der Waals surface area (Å²) in [6.45, 7) is 4.48. The molecule has 0 radical (unpaired) electrons. The molecule has 0 aromatic carbocycles. The third-order valence-electron chi connectivity index (χ3n) is 2.65. The van der Waals surface area contributed by atoms with E-state index in [1.165, 1.54) is 48.3 Å². The van der Waals surface area contributed by atoms with Crippen molar-refractivity contribution in [3.8, 4) is 0 Å². The number of halogens is 1. The second-order valence-corrected chi connectivity index (χ2v) is 6.28. The summed E-state index contributed by atoms with van der Waals surface area (Å²) < 4.78 is 0. The molecule has 1 heterocycles. The molecule has 0 spiro atoms. The molecule has 15 heavy (non-hydrogen) atoms. The van der Waals surface area contributed by atoms with E-state index >= 15 is 0 Å². The monoisotopic (exact) mass is 288 g/mol. The van der Waals surface area contributed by atoms with Crippen molar-refractivity contribution >= 4 is 27.3 Å². The van der Waals surface area contributed by atoms with Gasteiger partial charge in [0.1, 0.15) is 0 Å². The summed E-state index contributed by atoms with van der Waals surface area (Å²) in [7, 11) is 0. The van der Waals surface area contributed by atoms with Gasteiger partial charge in [0.05, 0.1) is 0 Å². The fourth-order valence-electron chi connectivity index (χ4n) is 1.65. The van der Waals surface area contributed by atoms with Crippen LogP contribution in [0, 0.1) is 0 Å². The largest absolute Gasteiger partial charge is 0.144 e. The first-order chi connectivity index (χ1) is 7.27. The highest BCUT2D eigenvalue weighted by molar-refractivity contribution is 9.09. The van der Waals surface area contributed by atoms with Gasteiger partial charge in [0.2, 0.25) is 0 Å². The lowest BCUT2D eigenvalue weighted by atomic mass is 10.1. The van der Waals surface area contributed by atoms with Crippen LogP contribution in [0.5, 0.6) is 0 Å². The molecule has 0 bridgehead atoms. The van der Waals surface area contributed by atoms with Crippen molar-refractivity contribution in [1.82, 2.24) is 0 Å². The lowest BCUT2D eigenvalue weighted by Crippen LogP contribution is -1.86. The summed E-state index contributed by atoms with van der Waals surface area (Å²) >= 11 is 5.75. The smallest absolute Gasteiger partial charge is 0.0489 e. The second-order valence-electron chi connectivity index (χ2n) is 3.97. The molecule has 86 valence electrons. The Hall–Kier alpha value is 0.180. The van der Waals surface area contributed by atoms with Crippen LogP contribution in [0.1, 0.15) is 60.5 Å². The molecule has 0 aliphatic carbocycles. The number of unbranched alkanes of at least 4 members (excludes halogenated alkanes) is 3. The molecule has 1 atom stereocenters. The quantitative estimate of drug-likeness (QED) is 0.445. The Balaban J connectivity index is 2.29. The summed E-state index contributed by atoms with van der Waals surface area (Å²) in [4.78, 5) is 3.59. The minimum atomic E-state index is 0.583. The third kappa shape index (κ3) is 4.69. The van der Waals surface area contributed by atoms with Gasteiger partial charge in [0.15, 0.2) is 0 Å². The van der Waals surface area contributed by atoms with Gasteiger partial charge in [-0.1, -0.05) is 55.5 Å². The average molecular weight is 289 g/mol. The fraction of sp³-hybridized carbons (Fsp3) is 0.692. The van der Waals surface area contributed by atoms with E-state index in [4.69, 9.17) is 0 Å². The van der Waals surface area contributed by atoms with Crippen LogP contribution in [0.3, 0.4) is 0 Å². The van der Waals surface area contributed by atoms with Crippen LogP contribution >= 0.6 is 27.3 Å². The SMILES string of the molecule is CCCCCCC(Br)c1ccc(CC)s1. The summed E-state index contributed by atoms with van der Waals surface area (Å²) in [6.07, 6.45) is 7.88. The summed E-state index contributed by atoms with van der Waals surface area (Å²) in [5.74, 6) is 0. The Morgan fingerprint density at radius 2 is 2.00 bits per heavy atom. The average Bonchev–Trinajstić information content (AvgIpc) is 2.72. The van der Waals surface area contributed by atoms with Crippen LogP contribution in [0.25, 0.3) is 0 Å². The van der Waals surface area contributed by atoms with Crippen molar-refractivity contribution in [2.24, 2.45) is 0 Å². The molecule has 2 heteroatoms. The Labute approximate surface area is 106 Å². The highest BCUT2D eigenvalue weighted by atomic mass is 79.9. The number of aryl methyl sites for hydroxylation is 1. The number of hydrogen-bond donors (Lipinski definition) is 0. The van der Waals surface area contributed by atoms with Crippen molar-refractivity contribution in [3.05, 3.63) is 21.9 Å². The van der Waals surface area contributed by atoms with Crippen LogP contribution in [0.4, 0.5) is 0 Å². The van der Waals surface area contributed by atoms with E-state index in [1.54, 1.807) is 0 Å². The molecule has 1 rings (SSSR count). The van der Waals surface area contributed by atoms with Crippen molar-refractivity contribution in [1.29, 1.82) is 0 Å². The normalized spacial score (nSPS) is 13.0. The van der Waals surface area contributed by atoms with E-state index in [9.17, 15) is 0 Å². The standard InChI is InChI=1S/C13H21BrS/c1-3-5-6-7-8-12(14)13-10-9-11(4-2)15-13/h9-10,12H,3-8H2,1-2H3. The molecule has 1 aromatic rings.